The third-order valence-corrected chi connectivity index (χ3v) is 3.45. The van der Waals surface area contributed by atoms with E-state index < -0.39 is 0 Å². The van der Waals surface area contributed by atoms with E-state index in [1.54, 1.807) is 24.4 Å². The van der Waals surface area contributed by atoms with Crippen LogP contribution in [-0.4, -0.2) is 10.9 Å². The van der Waals surface area contributed by atoms with Gasteiger partial charge in [-0.1, -0.05) is 29.8 Å². The first-order valence-electron chi connectivity index (χ1n) is 6.77. The van der Waals surface area contributed by atoms with Crippen molar-refractivity contribution < 1.29 is 9.21 Å². The summed E-state index contributed by atoms with van der Waals surface area (Å²) < 4.78 is 5.58. The molecule has 1 N–H and O–H groups in total. The molecule has 0 aliphatic carbocycles. The molecule has 0 bridgehead atoms. The second kappa shape index (κ2) is 6.45. The quantitative estimate of drug-likeness (QED) is 0.794. The topological polar surface area (TPSA) is 55.1 Å². The molecule has 0 atom stereocenters. The van der Waals surface area contributed by atoms with Crippen LogP contribution < -0.4 is 5.32 Å². The highest BCUT2D eigenvalue weighted by molar-refractivity contribution is 6.33. The van der Waals surface area contributed by atoms with Gasteiger partial charge < -0.3 is 9.73 Å². The monoisotopic (exact) mass is 312 g/mol. The molecule has 3 rings (SSSR count). The third kappa shape index (κ3) is 3.18. The lowest BCUT2D eigenvalue weighted by molar-refractivity contribution is 0.0923. The Kier molecular flexibility index (Phi) is 4.21. The molecule has 22 heavy (non-hydrogen) atoms. The van der Waals surface area contributed by atoms with Gasteiger partial charge in [0.05, 0.1) is 17.3 Å². The van der Waals surface area contributed by atoms with Gasteiger partial charge >= 0.3 is 0 Å². The predicted octanol–water partition coefficient (Wildman–Crippen LogP) is 3.93. The number of halogens is 1. The summed E-state index contributed by atoms with van der Waals surface area (Å²) in [6.07, 6.45) is 1.68. The minimum Gasteiger partial charge on any atom is -0.451 e. The molecular formula is C17H13ClN2O2. The molecule has 0 aliphatic rings. The fourth-order valence-corrected chi connectivity index (χ4v) is 2.26. The average molecular weight is 313 g/mol. The van der Waals surface area contributed by atoms with E-state index in [2.05, 4.69) is 10.3 Å². The van der Waals surface area contributed by atoms with Crippen LogP contribution >= 0.6 is 11.6 Å². The van der Waals surface area contributed by atoms with E-state index >= 15 is 0 Å². The molecule has 1 aromatic carbocycles. The van der Waals surface area contributed by atoms with Gasteiger partial charge in [-0.2, -0.15) is 0 Å². The molecule has 0 saturated heterocycles. The summed E-state index contributed by atoms with van der Waals surface area (Å²) in [5.41, 5.74) is 1.54. The lowest BCUT2D eigenvalue weighted by atomic mass is 10.2. The highest BCUT2D eigenvalue weighted by Gasteiger charge is 2.13. The van der Waals surface area contributed by atoms with Crippen molar-refractivity contribution in [1.82, 2.24) is 10.3 Å². The molecule has 110 valence electrons. The number of furan rings is 1. The first-order valence-corrected chi connectivity index (χ1v) is 7.14. The molecule has 2 aromatic heterocycles. The second-order valence-corrected chi connectivity index (χ2v) is 5.05. The molecule has 0 radical (unpaired) electrons. The van der Waals surface area contributed by atoms with E-state index in [0.717, 1.165) is 11.3 Å². The van der Waals surface area contributed by atoms with Gasteiger partial charge in [0.25, 0.3) is 5.91 Å². The van der Waals surface area contributed by atoms with Crippen molar-refractivity contribution in [3.63, 3.8) is 0 Å². The first kappa shape index (κ1) is 14.4. The van der Waals surface area contributed by atoms with Crippen molar-refractivity contribution in [1.29, 1.82) is 0 Å². The van der Waals surface area contributed by atoms with Crippen LogP contribution in [0.2, 0.25) is 5.02 Å². The Hall–Kier alpha value is -2.59. The Morgan fingerprint density at radius 1 is 1.09 bits per heavy atom. The van der Waals surface area contributed by atoms with E-state index in [0.29, 0.717) is 17.3 Å². The van der Waals surface area contributed by atoms with Crippen LogP contribution in [0.3, 0.4) is 0 Å². The van der Waals surface area contributed by atoms with Crippen LogP contribution in [0.4, 0.5) is 0 Å². The molecule has 0 fully saturated rings. The predicted molar refractivity (Wildman–Crippen MR) is 84.6 cm³/mol. The maximum Gasteiger partial charge on any atom is 0.287 e. The first-order chi connectivity index (χ1) is 10.7. The summed E-state index contributed by atoms with van der Waals surface area (Å²) in [5.74, 6) is 0.517. The van der Waals surface area contributed by atoms with Gasteiger partial charge in [-0.3, -0.25) is 9.78 Å². The molecule has 2 heterocycles. The third-order valence-electron chi connectivity index (χ3n) is 3.13. The van der Waals surface area contributed by atoms with E-state index in [1.807, 2.05) is 36.4 Å². The number of nitrogens with one attached hydrogen (secondary N) is 1. The van der Waals surface area contributed by atoms with Crippen LogP contribution in [-0.2, 0) is 6.54 Å². The zero-order valence-electron chi connectivity index (χ0n) is 11.6. The molecule has 0 saturated carbocycles. The van der Waals surface area contributed by atoms with Crippen LogP contribution in [0.5, 0.6) is 0 Å². The zero-order chi connectivity index (χ0) is 15.4. The summed E-state index contributed by atoms with van der Waals surface area (Å²) in [4.78, 5) is 16.2. The number of hydrogen-bond acceptors (Lipinski definition) is 3. The Morgan fingerprint density at radius 2 is 1.91 bits per heavy atom. The van der Waals surface area contributed by atoms with Crippen molar-refractivity contribution in [2.75, 3.05) is 0 Å². The van der Waals surface area contributed by atoms with E-state index in [-0.39, 0.29) is 11.7 Å². The number of carbonyl (C=O) groups excluding carboxylic acids is 1. The number of nitrogens with zero attached hydrogens (tertiary/aromatic N) is 1. The lowest BCUT2D eigenvalue weighted by Gasteiger charge is -2.03. The van der Waals surface area contributed by atoms with Gasteiger partial charge in [-0.15, -0.1) is 0 Å². The Labute approximate surface area is 132 Å². The number of aromatic nitrogens is 1. The Morgan fingerprint density at radius 3 is 2.68 bits per heavy atom. The molecule has 0 aliphatic heterocycles. The summed E-state index contributed by atoms with van der Waals surface area (Å²) in [7, 11) is 0. The number of hydrogen-bond donors (Lipinski definition) is 1. The number of pyridine rings is 1. The van der Waals surface area contributed by atoms with Crippen LogP contribution in [0.25, 0.3) is 11.3 Å². The molecule has 3 aromatic rings. The largest absolute Gasteiger partial charge is 0.451 e. The summed E-state index contributed by atoms with van der Waals surface area (Å²) >= 11 is 6.12. The minimum atomic E-state index is -0.288. The van der Waals surface area contributed by atoms with Crippen LogP contribution in [0, 0.1) is 0 Å². The van der Waals surface area contributed by atoms with E-state index in [4.69, 9.17) is 16.0 Å². The fourth-order valence-electron chi connectivity index (χ4n) is 2.03. The number of amides is 1. The van der Waals surface area contributed by atoms with Gasteiger partial charge in [0.1, 0.15) is 5.76 Å². The highest BCUT2D eigenvalue weighted by atomic mass is 35.5. The van der Waals surface area contributed by atoms with Gasteiger partial charge in [0.2, 0.25) is 0 Å². The number of rotatable bonds is 4. The Balaban J connectivity index is 1.71. The van der Waals surface area contributed by atoms with Crippen LogP contribution in [0.1, 0.15) is 16.2 Å². The van der Waals surface area contributed by atoms with E-state index in [9.17, 15) is 4.79 Å². The number of benzene rings is 1. The maximum atomic E-state index is 12.1. The summed E-state index contributed by atoms with van der Waals surface area (Å²) in [6.45, 7) is 0.349. The molecule has 5 heteroatoms. The highest BCUT2D eigenvalue weighted by Crippen LogP contribution is 2.28. The number of carbonyl (C=O) groups is 1. The van der Waals surface area contributed by atoms with Crippen molar-refractivity contribution >= 4 is 17.5 Å². The van der Waals surface area contributed by atoms with Crippen molar-refractivity contribution in [2.24, 2.45) is 0 Å². The SMILES string of the molecule is O=C(NCc1ccccn1)c1ccc(-c2ccccc2Cl)o1. The molecule has 1 amide bonds. The average Bonchev–Trinajstić information content (AvgIpc) is 3.04. The standard InChI is InChI=1S/C17H13ClN2O2/c18-14-7-2-1-6-13(14)15-8-9-16(22-15)17(21)20-11-12-5-3-4-10-19-12/h1-10H,11H2,(H,20,21). The zero-order valence-corrected chi connectivity index (χ0v) is 12.4. The normalized spacial score (nSPS) is 10.4. The van der Waals surface area contributed by atoms with Gasteiger partial charge in [0.15, 0.2) is 5.76 Å². The van der Waals surface area contributed by atoms with E-state index in [1.165, 1.54) is 0 Å². The Bertz CT molecular complexity index is 784. The molecule has 0 unspecified atom stereocenters. The van der Waals surface area contributed by atoms with Crippen LogP contribution in [0.15, 0.2) is 65.2 Å². The van der Waals surface area contributed by atoms with Crippen molar-refractivity contribution in [3.8, 4) is 11.3 Å². The van der Waals surface area contributed by atoms with Gasteiger partial charge in [-0.25, -0.2) is 0 Å². The molecular weight excluding hydrogens is 300 g/mol. The lowest BCUT2D eigenvalue weighted by Crippen LogP contribution is -2.22. The second-order valence-electron chi connectivity index (χ2n) is 4.65. The van der Waals surface area contributed by atoms with Gasteiger partial charge in [0, 0.05) is 11.8 Å². The fraction of sp³-hybridized carbons (Fsp3) is 0.0588. The minimum absolute atomic E-state index is 0.242. The maximum absolute atomic E-state index is 12.1. The summed E-state index contributed by atoms with van der Waals surface area (Å²) in [5, 5.41) is 3.35. The smallest absolute Gasteiger partial charge is 0.287 e. The summed E-state index contributed by atoms with van der Waals surface area (Å²) in [6, 6.07) is 16.2. The van der Waals surface area contributed by atoms with Crippen molar-refractivity contribution in [3.05, 3.63) is 77.3 Å². The van der Waals surface area contributed by atoms with Crippen molar-refractivity contribution in [2.45, 2.75) is 6.54 Å². The molecule has 0 spiro atoms. The van der Waals surface area contributed by atoms with Gasteiger partial charge in [-0.05, 0) is 36.4 Å². The molecule has 4 nitrogen and oxygen atoms in total.